The molecule has 3 fully saturated rings. The van der Waals surface area contributed by atoms with E-state index in [0.717, 1.165) is 0 Å². The number of hydrogen-bond donors (Lipinski definition) is 1. The van der Waals surface area contributed by atoms with E-state index < -0.39 is 52.1 Å². The molecule has 5 atom stereocenters. The van der Waals surface area contributed by atoms with E-state index in [1.165, 1.54) is 0 Å². The van der Waals surface area contributed by atoms with Crippen molar-refractivity contribution in [2.24, 2.45) is 0 Å². The summed E-state index contributed by atoms with van der Waals surface area (Å²) in [5, 5.41) is 12.1. The van der Waals surface area contributed by atoms with Crippen LogP contribution in [0.5, 0.6) is 0 Å². The first-order valence-electron chi connectivity index (χ1n) is 12.2. The minimum Gasteiger partial charge on any atom is -0.414 e. The Morgan fingerprint density at radius 1 is 0.970 bits per heavy atom. The first-order valence-corrected chi connectivity index (χ1v) is 18.0. The molecule has 0 bridgehead atoms. The first-order chi connectivity index (χ1) is 14.6. The van der Waals surface area contributed by atoms with E-state index in [0.29, 0.717) is 0 Å². The summed E-state index contributed by atoms with van der Waals surface area (Å²) in [6, 6.07) is 0. The van der Waals surface area contributed by atoms with Crippen LogP contribution in [-0.2, 0) is 27.9 Å². The summed E-state index contributed by atoms with van der Waals surface area (Å²) in [6.07, 6.45) is -2.10. The average Bonchev–Trinajstić information content (AvgIpc) is 2.99. The van der Waals surface area contributed by atoms with Crippen LogP contribution >= 0.6 is 0 Å². The third kappa shape index (κ3) is 4.57. The normalized spacial score (nSPS) is 37.2. The molecule has 1 aliphatic carbocycles. The van der Waals surface area contributed by atoms with Crippen molar-refractivity contribution in [2.75, 3.05) is 6.61 Å². The molecule has 2 aliphatic heterocycles. The van der Waals surface area contributed by atoms with Crippen LogP contribution in [0.1, 0.15) is 68.2 Å². The molecule has 9 heteroatoms. The van der Waals surface area contributed by atoms with Crippen molar-refractivity contribution in [1.29, 1.82) is 0 Å². The second kappa shape index (κ2) is 7.93. The highest BCUT2D eigenvalue weighted by atomic mass is 28.4. The van der Waals surface area contributed by atoms with Gasteiger partial charge in [0.05, 0.1) is 12.7 Å². The monoisotopic (exact) mass is 502 g/mol. The van der Waals surface area contributed by atoms with Crippen molar-refractivity contribution < 1.29 is 33.0 Å². The number of Topliss-reactive ketones (excluding diaryl/α,β-unsaturated/α-hetero) is 1. The highest BCUT2D eigenvalue weighted by Crippen LogP contribution is 2.56. The summed E-state index contributed by atoms with van der Waals surface area (Å²) in [6.45, 7) is 25.4. The van der Waals surface area contributed by atoms with Gasteiger partial charge in [0.25, 0.3) is 0 Å². The summed E-state index contributed by atoms with van der Waals surface area (Å²) in [5.41, 5.74) is -2.85. The number of hydrogen-bond acceptors (Lipinski definition) is 7. The highest BCUT2D eigenvalue weighted by Gasteiger charge is 2.75. The Balaban J connectivity index is 2.06. The van der Waals surface area contributed by atoms with Crippen molar-refractivity contribution in [3.8, 4) is 0 Å². The van der Waals surface area contributed by atoms with E-state index >= 15 is 0 Å². The molecule has 33 heavy (non-hydrogen) atoms. The molecule has 192 valence electrons. The zero-order valence-corrected chi connectivity index (χ0v) is 24.8. The first kappa shape index (κ1) is 27.5. The van der Waals surface area contributed by atoms with E-state index in [1.807, 2.05) is 0 Å². The lowest BCUT2D eigenvalue weighted by Crippen LogP contribution is -2.71. The Bertz CT molecular complexity index is 783. The van der Waals surface area contributed by atoms with Gasteiger partial charge in [0.2, 0.25) is 0 Å². The number of rotatable bonds is 5. The van der Waals surface area contributed by atoms with Gasteiger partial charge in [-0.2, -0.15) is 0 Å². The number of carbonyl (C=O) groups excluding carboxylic acids is 1. The van der Waals surface area contributed by atoms with E-state index in [4.69, 9.17) is 23.1 Å². The fourth-order valence-electron chi connectivity index (χ4n) is 4.46. The van der Waals surface area contributed by atoms with Gasteiger partial charge in [-0.1, -0.05) is 41.5 Å². The van der Waals surface area contributed by atoms with Crippen molar-refractivity contribution in [3.05, 3.63) is 0 Å². The maximum absolute atomic E-state index is 13.0. The maximum atomic E-state index is 13.0. The summed E-state index contributed by atoms with van der Waals surface area (Å²) in [5.74, 6) is -0.963. The quantitative estimate of drug-likeness (QED) is 0.544. The molecule has 1 N–H and O–H groups in total. The van der Waals surface area contributed by atoms with Gasteiger partial charge >= 0.3 is 0 Å². The Morgan fingerprint density at radius 2 is 1.52 bits per heavy atom. The molecule has 0 aromatic rings. The second-order valence-electron chi connectivity index (χ2n) is 13.7. The molecule has 1 saturated carbocycles. The fraction of sp³-hybridized carbons (Fsp3) is 0.958. The topological polar surface area (TPSA) is 83.5 Å². The predicted octanol–water partition coefficient (Wildman–Crippen LogP) is 4.74. The maximum Gasteiger partial charge on any atom is 0.192 e. The average molecular weight is 503 g/mol. The van der Waals surface area contributed by atoms with Crippen LogP contribution in [0, 0.1) is 0 Å². The van der Waals surface area contributed by atoms with E-state index in [2.05, 4.69) is 67.7 Å². The lowest BCUT2D eigenvalue weighted by molar-refractivity contribution is -0.289. The predicted molar refractivity (Wildman–Crippen MR) is 132 cm³/mol. The van der Waals surface area contributed by atoms with Crippen molar-refractivity contribution in [1.82, 2.24) is 0 Å². The summed E-state index contributed by atoms with van der Waals surface area (Å²) >= 11 is 0. The molecule has 0 radical (unpaired) electrons. The number of carbonyl (C=O) groups is 1. The Kier molecular flexibility index (Phi) is 6.60. The highest BCUT2D eigenvalue weighted by molar-refractivity contribution is 6.74. The molecule has 2 heterocycles. The van der Waals surface area contributed by atoms with Crippen molar-refractivity contribution >= 4 is 22.4 Å². The van der Waals surface area contributed by atoms with Crippen LogP contribution in [0.2, 0.25) is 36.3 Å². The molecule has 0 aromatic carbocycles. The molecular weight excluding hydrogens is 456 g/mol. The van der Waals surface area contributed by atoms with Gasteiger partial charge in [-0.05, 0) is 50.1 Å². The lowest BCUT2D eigenvalue weighted by atomic mass is 9.68. The van der Waals surface area contributed by atoms with Crippen LogP contribution < -0.4 is 0 Å². The summed E-state index contributed by atoms with van der Waals surface area (Å²) in [4.78, 5) is 13.0. The standard InChI is InChI=1S/C24H46O7Si2/c1-20(2,3)32(9,10)27-15-24-17(31-33(11,12)21(4,5)6)13-16(25)14-23(24,26)18-19(30-24)29-22(7,8)28-18/h17-19,26H,13-15H2,1-12H3/t17-,18-,19-,23+,24-/m0/s1. The van der Waals surface area contributed by atoms with E-state index in [9.17, 15) is 9.90 Å². The van der Waals surface area contributed by atoms with Crippen molar-refractivity contribution in [2.45, 2.75) is 140 Å². The van der Waals surface area contributed by atoms with Gasteiger partial charge in [-0.15, -0.1) is 0 Å². The molecule has 3 rings (SSSR count). The Hall–Kier alpha value is -0.136. The third-order valence-corrected chi connectivity index (χ3v) is 17.6. The molecule has 3 aliphatic rings. The number of ketones is 1. The van der Waals surface area contributed by atoms with Crippen LogP contribution in [0.3, 0.4) is 0 Å². The summed E-state index contributed by atoms with van der Waals surface area (Å²) < 4.78 is 32.2. The minimum absolute atomic E-state index is 0.0223. The van der Waals surface area contributed by atoms with Gasteiger partial charge in [0.15, 0.2) is 34.3 Å². The van der Waals surface area contributed by atoms with Crippen LogP contribution in [0.25, 0.3) is 0 Å². The van der Waals surface area contributed by atoms with Crippen molar-refractivity contribution in [3.63, 3.8) is 0 Å². The smallest absolute Gasteiger partial charge is 0.192 e. The molecule has 0 unspecified atom stereocenters. The second-order valence-corrected chi connectivity index (χ2v) is 23.3. The van der Waals surface area contributed by atoms with Gasteiger partial charge in [0.1, 0.15) is 17.5 Å². The zero-order chi connectivity index (χ0) is 25.5. The molecule has 7 nitrogen and oxygen atoms in total. The number of aliphatic hydroxyl groups is 1. The largest absolute Gasteiger partial charge is 0.414 e. The fourth-order valence-corrected chi connectivity index (χ4v) is 6.81. The van der Waals surface area contributed by atoms with Crippen LogP contribution in [0.15, 0.2) is 0 Å². The molecular formula is C24H46O7Si2. The van der Waals surface area contributed by atoms with Crippen LogP contribution in [0.4, 0.5) is 0 Å². The van der Waals surface area contributed by atoms with Gasteiger partial charge in [0, 0.05) is 12.8 Å². The van der Waals surface area contributed by atoms with E-state index in [-0.39, 0.29) is 35.3 Å². The Labute approximate surface area is 202 Å². The number of fused-ring (bicyclic) bond motifs is 3. The van der Waals surface area contributed by atoms with Crippen LogP contribution in [-0.4, -0.2) is 69.6 Å². The number of ether oxygens (including phenoxy) is 3. The molecule has 2 saturated heterocycles. The SMILES string of the molecule is CC1(C)O[C@H]2O[C@@]3(CO[Si](C)(C)C(C)(C)C)[C@@H](O[Si](C)(C)C(C)(C)C)CC(=O)C[C@@]3(O)[C@H]2O1. The molecule has 0 spiro atoms. The van der Waals surface area contributed by atoms with Gasteiger partial charge in [-0.25, -0.2) is 0 Å². The molecule has 0 amide bonds. The Morgan fingerprint density at radius 3 is 2.03 bits per heavy atom. The lowest BCUT2D eigenvalue weighted by Gasteiger charge is -2.53. The third-order valence-electron chi connectivity index (χ3n) is 8.68. The molecule has 0 aromatic heterocycles. The van der Waals surface area contributed by atoms with Gasteiger partial charge < -0.3 is 28.2 Å². The zero-order valence-electron chi connectivity index (χ0n) is 22.8. The minimum atomic E-state index is -2.31. The summed E-state index contributed by atoms with van der Waals surface area (Å²) in [7, 11) is -4.50. The van der Waals surface area contributed by atoms with Gasteiger partial charge in [-0.3, -0.25) is 4.79 Å². The van der Waals surface area contributed by atoms with E-state index in [1.54, 1.807) is 13.8 Å².